The molecule has 0 spiro atoms. The lowest BCUT2D eigenvalue weighted by molar-refractivity contribution is 0.283. The number of hydrogen-bond acceptors (Lipinski definition) is 1. The highest BCUT2D eigenvalue weighted by Gasteiger charge is 2.03. The Kier molecular flexibility index (Phi) is 5.92. The molecule has 0 radical (unpaired) electrons. The molecule has 0 bridgehead atoms. The standard InChI is InChI=1S/C12H22O/c13-11-7-2-1-4-8-12-9-5-3-6-10-12/h8,13H,1-7,9-11H2. The van der Waals surface area contributed by atoms with Gasteiger partial charge in [-0.1, -0.05) is 24.5 Å². The lowest BCUT2D eigenvalue weighted by Crippen LogP contribution is -1.93. The van der Waals surface area contributed by atoms with E-state index in [0.29, 0.717) is 6.61 Å². The second-order valence-electron chi connectivity index (χ2n) is 4.00. The molecule has 1 aliphatic carbocycles. The normalized spacial score (nSPS) is 17.5. The molecule has 0 atom stereocenters. The van der Waals surface area contributed by atoms with Gasteiger partial charge in [0.25, 0.3) is 0 Å². The van der Waals surface area contributed by atoms with Crippen molar-refractivity contribution in [2.24, 2.45) is 0 Å². The summed E-state index contributed by atoms with van der Waals surface area (Å²) in [5.74, 6) is 0. The average molecular weight is 182 g/mol. The number of hydrogen-bond donors (Lipinski definition) is 1. The van der Waals surface area contributed by atoms with Crippen LogP contribution < -0.4 is 0 Å². The monoisotopic (exact) mass is 182 g/mol. The largest absolute Gasteiger partial charge is 0.396 e. The highest BCUT2D eigenvalue weighted by molar-refractivity contribution is 5.03. The molecule has 0 saturated heterocycles. The minimum atomic E-state index is 0.358. The Morgan fingerprint density at radius 2 is 1.77 bits per heavy atom. The highest BCUT2D eigenvalue weighted by atomic mass is 16.2. The second kappa shape index (κ2) is 7.14. The zero-order valence-electron chi connectivity index (χ0n) is 8.60. The Morgan fingerprint density at radius 1 is 1.00 bits per heavy atom. The third-order valence-electron chi connectivity index (χ3n) is 2.79. The Bertz CT molecular complexity index is 141. The van der Waals surface area contributed by atoms with Crippen molar-refractivity contribution in [2.45, 2.75) is 57.8 Å². The predicted molar refractivity (Wildman–Crippen MR) is 56.7 cm³/mol. The summed E-state index contributed by atoms with van der Waals surface area (Å²) < 4.78 is 0. The van der Waals surface area contributed by atoms with Gasteiger partial charge in [0, 0.05) is 6.61 Å². The minimum absolute atomic E-state index is 0.358. The number of aliphatic hydroxyl groups excluding tert-OH is 1. The van der Waals surface area contributed by atoms with Crippen LogP contribution in [0.2, 0.25) is 0 Å². The fourth-order valence-corrected chi connectivity index (χ4v) is 1.95. The van der Waals surface area contributed by atoms with E-state index in [4.69, 9.17) is 5.11 Å². The quantitative estimate of drug-likeness (QED) is 0.510. The molecule has 76 valence electrons. The smallest absolute Gasteiger partial charge is 0.0431 e. The van der Waals surface area contributed by atoms with E-state index in [1.807, 2.05) is 0 Å². The van der Waals surface area contributed by atoms with Gasteiger partial charge in [0.15, 0.2) is 0 Å². The Labute approximate surface area is 81.9 Å². The van der Waals surface area contributed by atoms with Crippen LogP contribution in [0.4, 0.5) is 0 Å². The molecular formula is C12H22O. The summed E-state index contributed by atoms with van der Waals surface area (Å²) in [5.41, 5.74) is 1.69. The maximum atomic E-state index is 8.60. The van der Waals surface area contributed by atoms with Crippen molar-refractivity contribution in [1.29, 1.82) is 0 Å². The molecule has 0 aromatic rings. The predicted octanol–water partition coefficient (Wildman–Crippen LogP) is 3.43. The molecule has 0 unspecified atom stereocenters. The van der Waals surface area contributed by atoms with Gasteiger partial charge in [0.05, 0.1) is 0 Å². The van der Waals surface area contributed by atoms with E-state index in [9.17, 15) is 0 Å². The summed E-state index contributed by atoms with van der Waals surface area (Å²) in [4.78, 5) is 0. The van der Waals surface area contributed by atoms with Crippen LogP contribution in [0.25, 0.3) is 0 Å². The first-order valence-corrected chi connectivity index (χ1v) is 5.72. The SMILES string of the molecule is OCCCCCC=C1CCCCC1. The average Bonchev–Trinajstić information content (AvgIpc) is 2.19. The molecular weight excluding hydrogens is 160 g/mol. The number of allylic oxidation sites excluding steroid dienone is 2. The summed E-state index contributed by atoms with van der Waals surface area (Å²) in [6.45, 7) is 0.358. The molecule has 1 N–H and O–H groups in total. The Hall–Kier alpha value is -0.300. The van der Waals surface area contributed by atoms with Gasteiger partial charge in [0.1, 0.15) is 0 Å². The lowest BCUT2D eigenvalue weighted by Gasteiger charge is -2.13. The Morgan fingerprint density at radius 3 is 2.46 bits per heavy atom. The van der Waals surface area contributed by atoms with E-state index < -0.39 is 0 Å². The van der Waals surface area contributed by atoms with Crippen LogP contribution in [0.1, 0.15) is 57.8 Å². The number of rotatable bonds is 5. The summed E-state index contributed by atoms with van der Waals surface area (Å²) in [7, 11) is 0. The van der Waals surface area contributed by atoms with Gasteiger partial charge in [0.2, 0.25) is 0 Å². The van der Waals surface area contributed by atoms with Crippen LogP contribution >= 0.6 is 0 Å². The van der Waals surface area contributed by atoms with Gasteiger partial charge in [-0.05, 0) is 44.9 Å². The summed E-state index contributed by atoms with van der Waals surface area (Å²) in [5, 5.41) is 8.60. The number of aliphatic hydroxyl groups is 1. The maximum Gasteiger partial charge on any atom is 0.0431 e. The van der Waals surface area contributed by atoms with Crippen molar-refractivity contribution in [3.63, 3.8) is 0 Å². The zero-order chi connectivity index (χ0) is 9.36. The summed E-state index contributed by atoms with van der Waals surface area (Å²) in [6.07, 6.45) is 14.0. The first kappa shape index (κ1) is 10.8. The molecule has 1 rings (SSSR count). The zero-order valence-corrected chi connectivity index (χ0v) is 8.60. The van der Waals surface area contributed by atoms with E-state index in [1.165, 1.54) is 51.4 Å². The van der Waals surface area contributed by atoms with Gasteiger partial charge < -0.3 is 5.11 Å². The molecule has 0 amide bonds. The molecule has 0 aromatic heterocycles. The van der Waals surface area contributed by atoms with Crippen LogP contribution in [0.15, 0.2) is 11.6 Å². The van der Waals surface area contributed by atoms with E-state index in [2.05, 4.69) is 6.08 Å². The van der Waals surface area contributed by atoms with Crippen LogP contribution in [-0.4, -0.2) is 11.7 Å². The first-order chi connectivity index (χ1) is 6.43. The molecule has 0 heterocycles. The van der Waals surface area contributed by atoms with Gasteiger partial charge in [-0.25, -0.2) is 0 Å². The van der Waals surface area contributed by atoms with Gasteiger partial charge >= 0.3 is 0 Å². The molecule has 1 nitrogen and oxygen atoms in total. The molecule has 1 heteroatoms. The maximum absolute atomic E-state index is 8.60. The van der Waals surface area contributed by atoms with Crippen molar-refractivity contribution in [2.75, 3.05) is 6.61 Å². The Balaban J connectivity index is 2.01. The summed E-state index contributed by atoms with van der Waals surface area (Å²) in [6, 6.07) is 0. The second-order valence-corrected chi connectivity index (χ2v) is 4.00. The number of unbranched alkanes of at least 4 members (excludes halogenated alkanes) is 3. The van der Waals surface area contributed by atoms with Crippen molar-refractivity contribution in [1.82, 2.24) is 0 Å². The topological polar surface area (TPSA) is 20.2 Å². The van der Waals surface area contributed by atoms with E-state index >= 15 is 0 Å². The lowest BCUT2D eigenvalue weighted by atomic mass is 9.94. The van der Waals surface area contributed by atoms with Gasteiger partial charge in [-0.3, -0.25) is 0 Å². The van der Waals surface area contributed by atoms with Crippen LogP contribution in [0.3, 0.4) is 0 Å². The molecule has 0 aromatic carbocycles. The highest BCUT2D eigenvalue weighted by Crippen LogP contribution is 2.23. The van der Waals surface area contributed by atoms with Crippen LogP contribution in [0.5, 0.6) is 0 Å². The van der Waals surface area contributed by atoms with Crippen molar-refractivity contribution < 1.29 is 5.11 Å². The first-order valence-electron chi connectivity index (χ1n) is 5.72. The van der Waals surface area contributed by atoms with Gasteiger partial charge in [-0.15, -0.1) is 0 Å². The van der Waals surface area contributed by atoms with Gasteiger partial charge in [-0.2, -0.15) is 0 Å². The molecule has 13 heavy (non-hydrogen) atoms. The van der Waals surface area contributed by atoms with Crippen LogP contribution in [0, 0.1) is 0 Å². The van der Waals surface area contributed by atoms with Crippen molar-refractivity contribution >= 4 is 0 Å². The third kappa shape index (κ3) is 5.09. The van der Waals surface area contributed by atoms with E-state index in [0.717, 1.165) is 6.42 Å². The third-order valence-corrected chi connectivity index (χ3v) is 2.79. The summed E-state index contributed by atoms with van der Waals surface area (Å²) >= 11 is 0. The molecule has 0 aliphatic heterocycles. The molecule has 1 fully saturated rings. The molecule has 1 aliphatic rings. The van der Waals surface area contributed by atoms with Crippen molar-refractivity contribution in [3.05, 3.63) is 11.6 Å². The van der Waals surface area contributed by atoms with E-state index in [-0.39, 0.29) is 0 Å². The molecule has 1 saturated carbocycles. The van der Waals surface area contributed by atoms with E-state index in [1.54, 1.807) is 5.57 Å². The fraction of sp³-hybridized carbons (Fsp3) is 0.833. The van der Waals surface area contributed by atoms with Crippen LogP contribution in [-0.2, 0) is 0 Å². The minimum Gasteiger partial charge on any atom is -0.396 e. The van der Waals surface area contributed by atoms with Crippen molar-refractivity contribution in [3.8, 4) is 0 Å². The fourth-order valence-electron chi connectivity index (χ4n) is 1.95.